The van der Waals surface area contributed by atoms with Crippen LogP contribution in [0.2, 0.25) is 0 Å². The molecule has 2 saturated carbocycles. The summed E-state index contributed by atoms with van der Waals surface area (Å²) in [4.78, 5) is 38.0. The summed E-state index contributed by atoms with van der Waals surface area (Å²) in [7, 11) is 0. The molecule has 6 N–H and O–H groups in total. The predicted molar refractivity (Wildman–Crippen MR) is 166 cm³/mol. The second-order valence-electron chi connectivity index (χ2n) is 14.2. The Morgan fingerprint density at radius 2 is 1.64 bits per heavy atom. The molecule has 6 aliphatic rings. The Morgan fingerprint density at radius 1 is 0.936 bits per heavy atom. The number of likely N-dealkylation sites (tertiary alicyclic amines) is 2. The van der Waals surface area contributed by atoms with E-state index in [1.807, 2.05) is 18.2 Å². The molecule has 8 atom stereocenters. The first kappa shape index (κ1) is 31.9. The summed E-state index contributed by atoms with van der Waals surface area (Å²) in [5, 5.41) is 56.1. The maximum Gasteiger partial charge on any atom is 0.335 e. The van der Waals surface area contributed by atoms with Crippen LogP contribution in [0, 0.1) is 11.8 Å². The number of aliphatic carboxylic acids is 2. The Hall–Kier alpha value is -3.71. The van der Waals surface area contributed by atoms with Gasteiger partial charge in [0.25, 0.3) is 0 Å². The number of phenols is 1. The van der Waals surface area contributed by atoms with Crippen LogP contribution in [0.15, 0.2) is 42.5 Å². The van der Waals surface area contributed by atoms with Crippen LogP contribution >= 0.6 is 0 Å². The third-order valence-electron chi connectivity index (χ3n) is 11.6. The maximum absolute atomic E-state index is 13.8. The number of carboxylic acid groups (broad SMARTS) is 2. The number of benzene rings is 2. The Labute approximate surface area is 272 Å². The monoisotopic (exact) mass is 650 g/mol. The minimum Gasteiger partial charge on any atom is -0.504 e. The van der Waals surface area contributed by atoms with E-state index >= 15 is 0 Å². The Balaban J connectivity index is 0.000000308. The standard InChI is InChI=1S/C31H36N2O4.C4H6O6/c34-24-9-8-21-17-25-31(36)12-10-23(33-14-11-22(29(33)35)16-19-4-2-1-3-5-19)28-30(31,26(21)27(24)37-28)13-15-32(25)18-20-6-7-20;5-1(3(7)8)2(6)4(9)10/h1-5,8-9,20,22-23,25,28,34,36H,6-7,10-18H2;1-2,5-6H,(H,7,8)(H,9,10)/t22?,23-,25-,28+,30+,31?;/m1./s1. The molecule has 12 heteroatoms. The van der Waals surface area contributed by atoms with Gasteiger partial charge in [0.1, 0.15) is 6.10 Å². The van der Waals surface area contributed by atoms with Gasteiger partial charge in [-0.2, -0.15) is 0 Å². The van der Waals surface area contributed by atoms with Gasteiger partial charge in [-0.3, -0.25) is 9.69 Å². The summed E-state index contributed by atoms with van der Waals surface area (Å²) in [5.41, 5.74) is 1.98. The maximum atomic E-state index is 13.8. The molecule has 3 aliphatic carbocycles. The van der Waals surface area contributed by atoms with E-state index in [1.165, 1.54) is 24.0 Å². The third-order valence-corrected chi connectivity index (χ3v) is 11.6. The van der Waals surface area contributed by atoms with Crippen LogP contribution in [-0.2, 0) is 32.6 Å². The fourth-order valence-corrected chi connectivity index (χ4v) is 9.22. The topological polar surface area (TPSA) is 188 Å². The molecule has 3 heterocycles. The number of amides is 1. The second kappa shape index (κ2) is 11.8. The quantitative estimate of drug-likeness (QED) is 0.242. The fourth-order valence-electron chi connectivity index (χ4n) is 9.22. The minimum atomic E-state index is -2.27. The second-order valence-corrected chi connectivity index (χ2v) is 14.2. The number of carbonyl (C=O) groups excluding carboxylic acids is 1. The molecule has 2 aromatic carbocycles. The molecule has 47 heavy (non-hydrogen) atoms. The van der Waals surface area contributed by atoms with Crippen molar-refractivity contribution in [3.63, 3.8) is 0 Å². The Kier molecular flexibility index (Phi) is 7.98. The van der Waals surface area contributed by atoms with Crippen molar-refractivity contribution >= 4 is 17.8 Å². The van der Waals surface area contributed by atoms with Gasteiger partial charge in [-0.1, -0.05) is 36.4 Å². The van der Waals surface area contributed by atoms with E-state index in [2.05, 4.69) is 28.0 Å². The molecule has 1 amide bonds. The molecule has 0 radical (unpaired) electrons. The molecule has 2 aromatic rings. The van der Waals surface area contributed by atoms with E-state index < -0.39 is 35.2 Å². The van der Waals surface area contributed by atoms with E-state index in [1.54, 1.807) is 6.07 Å². The van der Waals surface area contributed by atoms with Crippen LogP contribution in [0.3, 0.4) is 0 Å². The zero-order valence-corrected chi connectivity index (χ0v) is 26.1. The highest BCUT2D eigenvalue weighted by atomic mass is 16.5. The molecule has 12 nitrogen and oxygen atoms in total. The summed E-state index contributed by atoms with van der Waals surface area (Å²) in [6.07, 6.45) is 2.40. The Morgan fingerprint density at radius 3 is 2.30 bits per heavy atom. The molecule has 1 spiro atoms. The average Bonchev–Trinajstić information content (AvgIpc) is 3.70. The first-order chi connectivity index (χ1) is 22.5. The van der Waals surface area contributed by atoms with Crippen molar-refractivity contribution in [3.8, 4) is 11.5 Å². The molecule has 4 unspecified atom stereocenters. The zero-order valence-electron chi connectivity index (χ0n) is 26.1. The lowest BCUT2D eigenvalue weighted by molar-refractivity contribution is -0.200. The van der Waals surface area contributed by atoms with Crippen molar-refractivity contribution < 1.29 is 49.8 Å². The third kappa shape index (κ3) is 5.08. The van der Waals surface area contributed by atoms with Gasteiger partial charge in [-0.05, 0) is 81.0 Å². The number of aromatic hydroxyl groups is 1. The van der Waals surface area contributed by atoms with E-state index in [-0.39, 0.29) is 35.8 Å². The lowest BCUT2D eigenvalue weighted by Gasteiger charge is -2.64. The van der Waals surface area contributed by atoms with Crippen LogP contribution in [0.1, 0.15) is 55.2 Å². The number of carboxylic acids is 2. The first-order valence-electron chi connectivity index (χ1n) is 16.6. The molecule has 2 saturated heterocycles. The molecule has 252 valence electrons. The van der Waals surface area contributed by atoms with Crippen molar-refractivity contribution in [1.82, 2.24) is 9.80 Å². The van der Waals surface area contributed by atoms with E-state index in [4.69, 9.17) is 25.2 Å². The molecule has 2 bridgehead atoms. The summed E-state index contributed by atoms with van der Waals surface area (Å²) in [5.74, 6) is -1.83. The molecule has 8 rings (SSSR count). The fraction of sp³-hybridized carbons (Fsp3) is 0.571. The number of ether oxygens (including phenoxy) is 1. The van der Waals surface area contributed by atoms with Gasteiger partial charge in [0.2, 0.25) is 5.91 Å². The van der Waals surface area contributed by atoms with Crippen LogP contribution in [0.25, 0.3) is 0 Å². The normalized spacial score (nSPS) is 33.3. The van der Waals surface area contributed by atoms with Crippen molar-refractivity contribution in [2.45, 2.75) is 92.8 Å². The average molecular weight is 651 g/mol. The van der Waals surface area contributed by atoms with Gasteiger partial charge in [0.05, 0.1) is 17.1 Å². The van der Waals surface area contributed by atoms with Crippen LogP contribution in [0.4, 0.5) is 0 Å². The number of aliphatic hydroxyl groups is 3. The van der Waals surface area contributed by atoms with Gasteiger partial charge in [0, 0.05) is 30.6 Å². The van der Waals surface area contributed by atoms with Crippen molar-refractivity contribution in [2.75, 3.05) is 19.6 Å². The highest BCUT2D eigenvalue weighted by molar-refractivity contribution is 5.83. The largest absolute Gasteiger partial charge is 0.504 e. The van der Waals surface area contributed by atoms with Crippen LogP contribution in [0.5, 0.6) is 11.5 Å². The number of hydrogen-bond acceptors (Lipinski definition) is 9. The first-order valence-corrected chi connectivity index (χ1v) is 16.6. The number of piperidine rings is 1. The number of rotatable bonds is 8. The number of aliphatic hydroxyl groups excluding tert-OH is 2. The minimum absolute atomic E-state index is 0.00653. The van der Waals surface area contributed by atoms with Crippen LogP contribution in [-0.4, -0.2) is 114 Å². The lowest BCUT2D eigenvalue weighted by atomic mass is 9.48. The molecule has 3 aliphatic heterocycles. The van der Waals surface area contributed by atoms with Crippen LogP contribution < -0.4 is 4.74 Å². The van der Waals surface area contributed by atoms with Crippen molar-refractivity contribution in [2.24, 2.45) is 11.8 Å². The number of nitrogens with zero attached hydrogens (tertiary/aromatic N) is 2. The van der Waals surface area contributed by atoms with Gasteiger partial charge in [-0.25, -0.2) is 9.59 Å². The number of hydrogen-bond donors (Lipinski definition) is 6. The van der Waals surface area contributed by atoms with E-state index in [9.17, 15) is 24.6 Å². The van der Waals surface area contributed by atoms with E-state index in [0.717, 1.165) is 63.2 Å². The van der Waals surface area contributed by atoms with Gasteiger partial charge in [-0.15, -0.1) is 0 Å². The highest BCUT2D eigenvalue weighted by Gasteiger charge is 2.73. The predicted octanol–water partition coefficient (Wildman–Crippen LogP) is 1.29. The molecular formula is C35H42N2O10. The summed E-state index contributed by atoms with van der Waals surface area (Å²) < 4.78 is 6.71. The summed E-state index contributed by atoms with van der Waals surface area (Å²) in [6, 6.07) is 14.1. The van der Waals surface area contributed by atoms with E-state index in [0.29, 0.717) is 12.2 Å². The molecular weight excluding hydrogens is 608 g/mol. The van der Waals surface area contributed by atoms with Crippen molar-refractivity contribution in [1.29, 1.82) is 0 Å². The molecule has 0 aromatic heterocycles. The zero-order chi connectivity index (χ0) is 33.2. The summed E-state index contributed by atoms with van der Waals surface area (Å²) >= 11 is 0. The van der Waals surface area contributed by atoms with Gasteiger partial charge >= 0.3 is 11.9 Å². The van der Waals surface area contributed by atoms with Gasteiger partial charge < -0.3 is 40.3 Å². The van der Waals surface area contributed by atoms with Crippen molar-refractivity contribution in [3.05, 3.63) is 59.2 Å². The summed E-state index contributed by atoms with van der Waals surface area (Å²) in [6.45, 7) is 2.75. The highest BCUT2D eigenvalue weighted by Crippen LogP contribution is 2.66. The SMILES string of the molecule is O=C(O)C(O)C(O)C(=O)O.O=C1C(Cc2ccccc2)CCN1[C@@H]1CCC2(O)[C@H]3Cc4ccc(O)c5c4[C@@]2(CCN3CC2CC2)[C@H]1O5. The Bertz CT molecular complexity index is 1550. The lowest BCUT2D eigenvalue weighted by Crippen LogP contribution is -2.78. The van der Waals surface area contributed by atoms with Gasteiger partial charge in [0.15, 0.2) is 23.7 Å². The number of carbonyl (C=O) groups is 3. The number of phenolic OH excluding ortho intramolecular Hbond substituents is 1. The molecule has 4 fully saturated rings. The smallest absolute Gasteiger partial charge is 0.335 e.